The third-order valence-electron chi connectivity index (χ3n) is 4.04. The molecule has 0 aromatic carbocycles. The van der Waals surface area contributed by atoms with E-state index in [4.69, 9.17) is 9.47 Å². The lowest BCUT2D eigenvalue weighted by atomic mass is 10.2. The van der Waals surface area contributed by atoms with Crippen LogP contribution in [-0.2, 0) is 19.1 Å². The van der Waals surface area contributed by atoms with E-state index >= 15 is 0 Å². The molecule has 1 aliphatic rings. The Morgan fingerprint density at radius 3 is 2.93 bits per heavy atom. The van der Waals surface area contributed by atoms with Crippen molar-refractivity contribution in [3.05, 3.63) is 22.2 Å². The highest BCUT2D eigenvalue weighted by Crippen LogP contribution is 2.30. The van der Waals surface area contributed by atoms with Crippen LogP contribution in [0.2, 0.25) is 0 Å². The van der Waals surface area contributed by atoms with E-state index in [1.165, 1.54) is 29.4 Å². The van der Waals surface area contributed by atoms with Crippen molar-refractivity contribution in [3.8, 4) is 11.8 Å². The smallest absolute Gasteiger partial charge is 0.351 e. The summed E-state index contributed by atoms with van der Waals surface area (Å²) < 4.78 is 24.8. The molecule has 3 unspecified atom stereocenters. The Bertz CT molecular complexity index is 884. The number of thioether (sulfide) groups is 1. The molecule has 0 saturated carbocycles. The van der Waals surface area contributed by atoms with Gasteiger partial charge < -0.3 is 25.2 Å². The van der Waals surface area contributed by atoms with Gasteiger partial charge in [-0.1, -0.05) is 11.8 Å². The molecule has 2 rings (SSSR count). The van der Waals surface area contributed by atoms with Gasteiger partial charge in [-0.3, -0.25) is 14.2 Å². The molecule has 3 N–H and O–H groups in total. The number of carbonyl (C=O) groups is 2. The number of aliphatic hydroxyl groups excluding tert-OH is 1. The Morgan fingerprint density at radius 2 is 2.30 bits per heavy atom. The van der Waals surface area contributed by atoms with E-state index in [-0.39, 0.29) is 24.5 Å². The number of rotatable bonds is 8. The van der Waals surface area contributed by atoms with Crippen LogP contribution < -0.4 is 16.3 Å². The van der Waals surface area contributed by atoms with Crippen LogP contribution in [0.1, 0.15) is 25.1 Å². The van der Waals surface area contributed by atoms with E-state index in [1.807, 2.05) is 6.26 Å². The van der Waals surface area contributed by atoms with Gasteiger partial charge in [0.05, 0.1) is 30.8 Å². The van der Waals surface area contributed by atoms with Crippen LogP contribution in [0.15, 0.2) is 11.0 Å². The fourth-order valence-electron chi connectivity index (χ4n) is 2.72. The molecular weight excluding hydrogens is 419 g/mol. The van der Waals surface area contributed by atoms with Crippen LogP contribution in [0.25, 0.3) is 0 Å². The minimum atomic E-state index is -1.16. The Labute approximate surface area is 176 Å². The molecule has 1 fully saturated rings. The second-order valence-corrected chi connectivity index (χ2v) is 7.06. The summed E-state index contributed by atoms with van der Waals surface area (Å²) in [5, 5.41) is 14.2. The Morgan fingerprint density at radius 1 is 1.53 bits per heavy atom. The second-order valence-electron chi connectivity index (χ2n) is 6.25. The topological polar surface area (TPSA) is 132 Å². The zero-order valence-corrected chi connectivity index (χ0v) is 17.3. The van der Waals surface area contributed by atoms with Crippen LogP contribution in [0.5, 0.6) is 0 Å². The maximum absolute atomic E-state index is 12.5. The van der Waals surface area contributed by atoms with E-state index < -0.39 is 42.6 Å². The molecule has 1 aliphatic heterocycles. The Balaban J connectivity index is 2.30. The summed E-state index contributed by atoms with van der Waals surface area (Å²) in [5.41, 5.74) is -0.473. The standard InChI is InChI=1S/C18H23FN4O6S/c1-11(25)21-17-12(4-3-5-20-15(26)7-19)8-23(18(27)22-17)16-6-13(28-10-30-2)14(9-24)29-16/h8,13-14,16,24H,5-7,9-10H2,1-2H3,(H,20,26)(H,21,22,25,27). The fraction of sp³-hybridized carbons (Fsp3) is 0.556. The summed E-state index contributed by atoms with van der Waals surface area (Å²) in [6.07, 6.45) is 1.81. The lowest BCUT2D eigenvalue weighted by molar-refractivity contribution is -0.121. The first-order valence-corrected chi connectivity index (χ1v) is 10.4. The lowest BCUT2D eigenvalue weighted by Gasteiger charge is -2.16. The number of amides is 2. The second kappa shape index (κ2) is 11.7. The normalized spacial score (nSPS) is 20.3. The third kappa shape index (κ3) is 6.53. The monoisotopic (exact) mass is 442 g/mol. The highest BCUT2D eigenvalue weighted by Gasteiger charge is 2.37. The third-order valence-corrected chi connectivity index (χ3v) is 4.41. The van der Waals surface area contributed by atoms with Crippen LogP contribution in [0.3, 0.4) is 0 Å². The molecule has 0 aliphatic carbocycles. The molecule has 0 spiro atoms. The first-order chi connectivity index (χ1) is 14.4. The number of aromatic nitrogens is 2. The maximum Gasteiger partial charge on any atom is 0.351 e. The maximum atomic E-state index is 12.5. The van der Waals surface area contributed by atoms with Gasteiger partial charge in [0.2, 0.25) is 5.91 Å². The number of anilines is 1. The molecule has 164 valence electrons. The van der Waals surface area contributed by atoms with Gasteiger partial charge in [-0.15, -0.1) is 11.8 Å². The molecule has 0 radical (unpaired) electrons. The quantitative estimate of drug-likeness (QED) is 0.367. The zero-order chi connectivity index (χ0) is 22.1. The van der Waals surface area contributed by atoms with Crippen molar-refractivity contribution in [2.24, 2.45) is 0 Å². The number of halogens is 1. The number of hydrogen-bond acceptors (Lipinski definition) is 8. The molecule has 0 bridgehead atoms. The molecule has 2 heterocycles. The Hall–Kier alpha value is -2.46. The predicted octanol–water partition coefficient (Wildman–Crippen LogP) is -0.376. The summed E-state index contributed by atoms with van der Waals surface area (Å²) in [7, 11) is 0. The molecule has 12 heteroatoms. The van der Waals surface area contributed by atoms with Gasteiger partial charge in [0.15, 0.2) is 12.5 Å². The molecule has 3 atom stereocenters. The van der Waals surface area contributed by atoms with Crippen LogP contribution in [-0.4, -0.2) is 70.7 Å². The summed E-state index contributed by atoms with van der Waals surface area (Å²) in [6.45, 7) is -0.303. The fourth-order valence-corrected chi connectivity index (χ4v) is 3.04. The van der Waals surface area contributed by atoms with Gasteiger partial charge in [-0.25, -0.2) is 9.18 Å². The van der Waals surface area contributed by atoms with Crippen molar-refractivity contribution in [3.63, 3.8) is 0 Å². The van der Waals surface area contributed by atoms with Crippen molar-refractivity contribution in [2.45, 2.75) is 31.8 Å². The largest absolute Gasteiger partial charge is 0.394 e. The molecule has 1 aromatic heterocycles. The number of nitrogens with one attached hydrogen (secondary N) is 2. The van der Waals surface area contributed by atoms with Gasteiger partial charge in [0.25, 0.3) is 5.91 Å². The van der Waals surface area contributed by atoms with Crippen molar-refractivity contribution >= 4 is 29.4 Å². The predicted molar refractivity (Wildman–Crippen MR) is 108 cm³/mol. The minimum Gasteiger partial charge on any atom is -0.394 e. The SMILES string of the molecule is CSCOC1CC(n2cc(C#CCNC(=O)CF)c(NC(C)=O)nc2=O)OC1CO. The molecule has 1 aromatic rings. The summed E-state index contributed by atoms with van der Waals surface area (Å²) in [6, 6.07) is 0. The number of hydrogen-bond donors (Lipinski definition) is 3. The first kappa shape index (κ1) is 23.8. The summed E-state index contributed by atoms with van der Waals surface area (Å²) in [4.78, 5) is 38.7. The number of aliphatic hydroxyl groups is 1. The molecular formula is C18H23FN4O6S. The van der Waals surface area contributed by atoms with E-state index in [0.29, 0.717) is 12.4 Å². The minimum absolute atomic E-state index is 0.0417. The highest BCUT2D eigenvalue weighted by molar-refractivity contribution is 7.98. The van der Waals surface area contributed by atoms with E-state index in [1.54, 1.807) is 0 Å². The van der Waals surface area contributed by atoms with Crippen LogP contribution >= 0.6 is 11.8 Å². The number of ether oxygens (including phenoxy) is 2. The summed E-state index contributed by atoms with van der Waals surface area (Å²) in [5.74, 6) is 4.42. The number of alkyl halides is 1. The summed E-state index contributed by atoms with van der Waals surface area (Å²) >= 11 is 1.47. The van der Waals surface area contributed by atoms with Crippen LogP contribution in [0.4, 0.5) is 10.2 Å². The Kier molecular flexibility index (Phi) is 9.25. The van der Waals surface area contributed by atoms with Gasteiger partial charge in [0.1, 0.15) is 12.3 Å². The van der Waals surface area contributed by atoms with Crippen molar-refractivity contribution in [2.75, 3.05) is 37.3 Å². The zero-order valence-electron chi connectivity index (χ0n) is 16.5. The van der Waals surface area contributed by atoms with Crippen molar-refractivity contribution in [1.29, 1.82) is 0 Å². The molecule has 2 amide bonds. The van der Waals surface area contributed by atoms with Gasteiger partial charge >= 0.3 is 5.69 Å². The van der Waals surface area contributed by atoms with Crippen molar-refractivity contribution < 1.29 is 28.6 Å². The van der Waals surface area contributed by atoms with Crippen molar-refractivity contribution in [1.82, 2.24) is 14.9 Å². The van der Waals surface area contributed by atoms with Gasteiger partial charge in [0, 0.05) is 19.5 Å². The average Bonchev–Trinajstić information content (AvgIpc) is 3.13. The average molecular weight is 442 g/mol. The highest BCUT2D eigenvalue weighted by atomic mass is 32.2. The molecule has 30 heavy (non-hydrogen) atoms. The van der Waals surface area contributed by atoms with E-state index in [2.05, 4.69) is 27.5 Å². The van der Waals surface area contributed by atoms with Crippen LogP contribution in [0, 0.1) is 11.8 Å². The first-order valence-electron chi connectivity index (χ1n) is 8.98. The van der Waals surface area contributed by atoms with Gasteiger partial charge in [-0.05, 0) is 6.26 Å². The number of carbonyl (C=O) groups excluding carboxylic acids is 2. The van der Waals surface area contributed by atoms with E-state index in [9.17, 15) is 23.9 Å². The molecule has 10 nitrogen and oxygen atoms in total. The van der Waals surface area contributed by atoms with Gasteiger partial charge in [-0.2, -0.15) is 4.98 Å². The molecule has 1 saturated heterocycles. The van der Waals surface area contributed by atoms with E-state index in [0.717, 1.165) is 0 Å². The number of nitrogens with zero attached hydrogens (tertiary/aromatic N) is 2. The lowest BCUT2D eigenvalue weighted by Crippen LogP contribution is -2.29.